The largest absolute Gasteiger partial charge is 0.374 e. The normalized spacial score (nSPS) is 20.4. The Morgan fingerprint density at radius 1 is 1.31 bits per heavy atom. The molecule has 1 aromatic heterocycles. The molecule has 1 amide bonds. The first kappa shape index (κ1) is 18.3. The molecule has 0 spiro atoms. The van der Waals surface area contributed by atoms with Crippen LogP contribution in [-0.2, 0) is 4.74 Å². The maximum atomic E-state index is 14.4. The number of likely N-dealkylation sites (tertiary alicyclic amines) is 1. The third-order valence-corrected chi connectivity index (χ3v) is 6.01. The first-order chi connectivity index (χ1) is 14.0. The summed E-state index contributed by atoms with van der Waals surface area (Å²) in [7, 11) is 0. The number of rotatable bonds is 3. The number of morpholine rings is 1. The molecule has 2 atom stereocenters. The monoisotopic (exact) mass is 411 g/mol. The zero-order valence-corrected chi connectivity index (χ0v) is 16.5. The predicted molar refractivity (Wildman–Crippen MR) is 110 cm³/mol. The molecule has 0 saturated carbocycles. The summed E-state index contributed by atoms with van der Waals surface area (Å²) in [5, 5.41) is 4.65. The van der Waals surface area contributed by atoms with Crippen molar-refractivity contribution in [1.82, 2.24) is 9.88 Å². The van der Waals surface area contributed by atoms with Gasteiger partial charge in [-0.1, -0.05) is 35.9 Å². The maximum absolute atomic E-state index is 14.4. The zero-order valence-electron chi connectivity index (χ0n) is 15.8. The molecule has 1 N–H and O–H groups in total. The number of anilines is 2. The molecule has 3 heterocycles. The molecule has 2 aliphatic rings. The summed E-state index contributed by atoms with van der Waals surface area (Å²) in [6, 6.07) is 10.6. The molecule has 3 aromatic rings. The van der Waals surface area contributed by atoms with E-state index < -0.39 is 5.82 Å². The van der Waals surface area contributed by atoms with Crippen molar-refractivity contribution in [3.63, 3.8) is 0 Å². The molecule has 148 valence electrons. The van der Waals surface area contributed by atoms with Gasteiger partial charge in [-0.15, -0.1) is 0 Å². The van der Waals surface area contributed by atoms with Crippen LogP contribution in [0.4, 0.5) is 15.9 Å². The number of carbonyl (C=O) groups excluding carboxylic acids is 1. The van der Waals surface area contributed by atoms with Gasteiger partial charge in [0.25, 0.3) is 5.91 Å². The lowest BCUT2D eigenvalue weighted by atomic mass is 10.0. The van der Waals surface area contributed by atoms with Crippen molar-refractivity contribution in [1.29, 1.82) is 0 Å². The van der Waals surface area contributed by atoms with Crippen LogP contribution in [0, 0.1) is 12.7 Å². The van der Waals surface area contributed by atoms with Gasteiger partial charge in [-0.3, -0.25) is 4.79 Å². The van der Waals surface area contributed by atoms with Gasteiger partial charge in [0, 0.05) is 23.5 Å². The average Bonchev–Trinajstić information content (AvgIpc) is 3.35. The number of pyridine rings is 1. The number of amides is 1. The number of carbonyl (C=O) groups is 1. The van der Waals surface area contributed by atoms with Crippen molar-refractivity contribution in [3.8, 4) is 0 Å². The number of nitrogens with zero attached hydrogens (tertiary/aromatic N) is 2. The average molecular weight is 412 g/mol. The van der Waals surface area contributed by atoms with Crippen LogP contribution in [0.25, 0.3) is 10.8 Å². The minimum absolute atomic E-state index is 0.0342. The highest BCUT2D eigenvalue weighted by molar-refractivity contribution is 6.31. The number of aryl methyl sites for hydroxylation is 1. The Morgan fingerprint density at radius 3 is 2.90 bits per heavy atom. The van der Waals surface area contributed by atoms with Gasteiger partial charge in [0.1, 0.15) is 5.82 Å². The van der Waals surface area contributed by atoms with Gasteiger partial charge in [0.2, 0.25) is 0 Å². The van der Waals surface area contributed by atoms with E-state index >= 15 is 0 Å². The molecule has 5 nitrogen and oxygen atoms in total. The minimum atomic E-state index is -0.537. The molecule has 2 unspecified atom stereocenters. The molecule has 2 saturated heterocycles. The Labute approximate surface area is 172 Å². The fourth-order valence-electron chi connectivity index (χ4n) is 4.28. The van der Waals surface area contributed by atoms with Crippen molar-refractivity contribution >= 4 is 39.8 Å². The summed E-state index contributed by atoms with van der Waals surface area (Å²) in [6.45, 7) is 3.17. The van der Waals surface area contributed by atoms with Gasteiger partial charge >= 0.3 is 0 Å². The van der Waals surface area contributed by atoms with E-state index in [9.17, 15) is 9.18 Å². The highest BCUT2D eigenvalue weighted by atomic mass is 35.5. The Kier molecular flexibility index (Phi) is 4.41. The van der Waals surface area contributed by atoms with Crippen molar-refractivity contribution in [2.24, 2.45) is 0 Å². The van der Waals surface area contributed by atoms with Crippen molar-refractivity contribution in [3.05, 3.63) is 64.6 Å². The van der Waals surface area contributed by atoms with Crippen molar-refractivity contribution < 1.29 is 13.9 Å². The van der Waals surface area contributed by atoms with Crippen molar-refractivity contribution in [2.45, 2.75) is 25.5 Å². The Bertz CT molecular complexity index is 1140. The highest BCUT2D eigenvalue weighted by Crippen LogP contribution is 2.34. The van der Waals surface area contributed by atoms with E-state index in [1.165, 1.54) is 6.07 Å². The quantitative estimate of drug-likeness (QED) is 0.679. The van der Waals surface area contributed by atoms with Crippen LogP contribution < -0.4 is 5.32 Å². The van der Waals surface area contributed by atoms with E-state index in [2.05, 4.69) is 10.3 Å². The van der Waals surface area contributed by atoms with Gasteiger partial charge < -0.3 is 15.0 Å². The SMILES string of the molecule is Cc1cccc2c(Nc3cccc(Cl)c3F)ncc(C(=O)N3CC4CC3CO4)c12. The number of ether oxygens (including phenoxy) is 1. The molecule has 2 bridgehead atoms. The highest BCUT2D eigenvalue weighted by Gasteiger charge is 2.42. The maximum Gasteiger partial charge on any atom is 0.256 e. The van der Waals surface area contributed by atoms with E-state index in [-0.39, 0.29) is 28.8 Å². The Morgan fingerprint density at radius 2 is 2.14 bits per heavy atom. The second-order valence-electron chi connectivity index (χ2n) is 7.55. The molecule has 7 heteroatoms. The second-order valence-corrected chi connectivity index (χ2v) is 7.95. The number of hydrogen-bond donors (Lipinski definition) is 1. The molecular formula is C22H19ClFN3O2. The molecular weight excluding hydrogens is 393 g/mol. The predicted octanol–water partition coefficient (Wildman–Crippen LogP) is 4.69. The number of hydrogen-bond acceptors (Lipinski definition) is 4. The molecule has 29 heavy (non-hydrogen) atoms. The fourth-order valence-corrected chi connectivity index (χ4v) is 4.45. The lowest BCUT2D eigenvalue weighted by Gasteiger charge is -2.27. The molecule has 0 radical (unpaired) electrons. The van der Waals surface area contributed by atoms with Gasteiger partial charge in [-0.05, 0) is 31.0 Å². The van der Waals surface area contributed by atoms with Gasteiger partial charge in [-0.2, -0.15) is 0 Å². The van der Waals surface area contributed by atoms with Crippen LogP contribution in [0.1, 0.15) is 22.3 Å². The summed E-state index contributed by atoms with van der Waals surface area (Å²) in [5.41, 5.74) is 1.76. The molecule has 0 aliphatic carbocycles. The third-order valence-electron chi connectivity index (χ3n) is 5.72. The standard InChI is InChI=1S/C22H19ClFN3O2/c1-12-4-2-5-15-19(12)16(22(28)27-10-14-8-13(27)11-29-14)9-25-21(15)26-18-7-3-6-17(23)20(18)24/h2-7,9,13-14H,8,10-11H2,1H3,(H,25,26). The summed E-state index contributed by atoms with van der Waals surface area (Å²) in [5.74, 6) is -0.0919. The van der Waals surface area contributed by atoms with E-state index in [1.54, 1.807) is 18.3 Å². The Hall–Kier alpha value is -2.70. The van der Waals surface area contributed by atoms with Crippen LogP contribution in [-0.4, -0.2) is 41.1 Å². The summed E-state index contributed by atoms with van der Waals surface area (Å²) in [4.78, 5) is 19.7. The smallest absolute Gasteiger partial charge is 0.256 e. The second kappa shape index (κ2) is 6.97. The van der Waals surface area contributed by atoms with Gasteiger partial charge in [-0.25, -0.2) is 9.37 Å². The minimum Gasteiger partial charge on any atom is -0.374 e. The lowest BCUT2D eigenvalue weighted by Crippen LogP contribution is -2.41. The van der Waals surface area contributed by atoms with Gasteiger partial charge in [0.15, 0.2) is 5.82 Å². The van der Waals surface area contributed by atoms with Crippen LogP contribution in [0.15, 0.2) is 42.6 Å². The first-order valence-corrected chi connectivity index (χ1v) is 9.92. The number of aromatic nitrogens is 1. The number of fused-ring (bicyclic) bond motifs is 3. The Balaban J connectivity index is 1.58. The number of halogens is 2. The third kappa shape index (κ3) is 3.03. The van der Waals surface area contributed by atoms with Gasteiger partial charge in [0.05, 0.1) is 35.0 Å². The summed E-state index contributed by atoms with van der Waals surface area (Å²) in [6.07, 6.45) is 2.61. The number of benzene rings is 2. The molecule has 5 rings (SSSR count). The van der Waals surface area contributed by atoms with Crippen molar-refractivity contribution in [2.75, 3.05) is 18.5 Å². The van der Waals surface area contributed by atoms with E-state index in [1.807, 2.05) is 30.0 Å². The van der Waals surface area contributed by atoms with Crippen LogP contribution in [0.5, 0.6) is 0 Å². The number of nitrogens with one attached hydrogen (secondary N) is 1. The molecule has 2 aliphatic heterocycles. The topological polar surface area (TPSA) is 54.5 Å². The van der Waals surface area contributed by atoms with Crippen LogP contribution in [0.3, 0.4) is 0 Å². The summed E-state index contributed by atoms with van der Waals surface area (Å²) >= 11 is 5.90. The summed E-state index contributed by atoms with van der Waals surface area (Å²) < 4.78 is 20.0. The van der Waals surface area contributed by atoms with E-state index in [0.717, 1.165) is 22.8 Å². The molecule has 2 aromatic carbocycles. The fraction of sp³-hybridized carbons (Fsp3) is 0.273. The van der Waals surface area contributed by atoms with E-state index in [0.29, 0.717) is 24.5 Å². The first-order valence-electron chi connectivity index (χ1n) is 9.55. The van der Waals surface area contributed by atoms with E-state index in [4.69, 9.17) is 16.3 Å². The zero-order chi connectivity index (χ0) is 20.1. The van der Waals surface area contributed by atoms with Crippen LogP contribution >= 0.6 is 11.6 Å². The molecule has 2 fully saturated rings. The lowest BCUT2D eigenvalue weighted by molar-refractivity contribution is 0.0260. The van der Waals surface area contributed by atoms with Crippen LogP contribution in [0.2, 0.25) is 5.02 Å².